The molecule has 2 rings (SSSR count). The Morgan fingerprint density at radius 3 is 2.21 bits per heavy atom. The number of nitrogens with zero attached hydrogens (tertiary/aromatic N) is 2. The fourth-order valence-electron chi connectivity index (χ4n) is 3.42. The lowest BCUT2D eigenvalue weighted by molar-refractivity contribution is -0.140. The Morgan fingerprint density at radius 2 is 1.67 bits per heavy atom. The highest BCUT2D eigenvalue weighted by molar-refractivity contribution is 7.92. The third kappa shape index (κ3) is 8.05. The van der Waals surface area contributed by atoms with Crippen LogP contribution < -0.4 is 9.62 Å². The molecule has 1 N–H and O–H groups in total. The SMILES string of the molecule is CCCCNC(=O)[C@@H](CC)N(Cc1ccc(Cl)cc1)C(=O)CN(c1ccccc1)S(C)(=O)=O. The zero-order valence-corrected chi connectivity index (χ0v) is 20.9. The van der Waals surface area contributed by atoms with Crippen molar-refractivity contribution in [1.82, 2.24) is 10.2 Å². The number of rotatable bonds is 12. The molecule has 180 valence electrons. The molecule has 9 heteroatoms. The molecule has 2 aromatic rings. The summed E-state index contributed by atoms with van der Waals surface area (Å²) in [5, 5.41) is 3.46. The second-order valence-corrected chi connectivity index (χ2v) is 10.2. The van der Waals surface area contributed by atoms with Gasteiger partial charge >= 0.3 is 0 Å². The number of carbonyl (C=O) groups excluding carboxylic acids is 2. The summed E-state index contributed by atoms with van der Waals surface area (Å²) in [7, 11) is -3.73. The van der Waals surface area contributed by atoms with Crippen molar-refractivity contribution in [3.8, 4) is 0 Å². The van der Waals surface area contributed by atoms with Gasteiger partial charge in [-0.3, -0.25) is 13.9 Å². The van der Waals surface area contributed by atoms with Gasteiger partial charge in [-0.15, -0.1) is 0 Å². The van der Waals surface area contributed by atoms with Crippen LogP contribution in [0.15, 0.2) is 54.6 Å². The maximum atomic E-state index is 13.5. The van der Waals surface area contributed by atoms with Crippen LogP contribution in [-0.2, 0) is 26.2 Å². The van der Waals surface area contributed by atoms with Gasteiger partial charge < -0.3 is 10.2 Å². The maximum absolute atomic E-state index is 13.5. The van der Waals surface area contributed by atoms with Crippen molar-refractivity contribution in [1.29, 1.82) is 0 Å². The van der Waals surface area contributed by atoms with Gasteiger partial charge in [0.25, 0.3) is 0 Å². The summed E-state index contributed by atoms with van der Waals surface area (Å²) in [6.07, 6.45) is 3.22. The predicted octanol–water partition coefficient (Wildman–Crippen LogP) is 3.83. The zero-order valence-electron chi connectivity index (χ0n) is 19.3. The molecule has 7 nitrogen and oxygen atoms in total. The normalized spacial score (nSPS) is 12.1. The fourth-order valence-corrected chi connectivity index (χ4v) is 4.40. The minimum atomic E-state index is -3.73. The van der Waals surface area contributed by atoms with Gasteiger partial charge in [0.15, 0.2) is 0 Å². The Balaban J connectivity index is 2.36. The third-order valence-electron chi connectivity index (χ3n) is 5.21. The Kier molecular flexibility index (Phi) is 10.2. The number of para-hydroxylation sites is 1. The Morgan fingerprint density at radius 1 is 1.03 bits per heavy atom. The third-order valence-corrected chi connectivity index (χ3v) is 6.60. The lowest BCUT2D eigenvalue weighted by Crippen LogP contribution is -2.52. The molecule has 0 heterocycles. The Labute approximate surface area is 201 Å². The molecule has 0 unspecified atom stereocenters. The van der Waals surface area contributed by atoms with E-state index in [1.807, 2.05) is 13.8 Å². The Hall–Kier alpha value is -2.58. The summed E-state index contributed by atoms with van der Waals surface area (Å²) in [6, 6.07) is 14.7. The highest BCUT2D eigenvalue weighted by Gasteiger charge is 2.31. The number of halogens is 1. The van der Waals surface area contributed by atoms with Crippen molar-refractivity contribution in [2.45, 2.75) is 45.7 Å². The van der Waals surface area contributed by atoms with E-state index in [-0.39, 0.29) is 12.5 Å². The molecule has 2 aromatic carbocycles. The Bertz CT molecular complexity index is 1010. The predicted molar refractivity (Wildman–Crippen MR) is 133 cm³/mol. The zero-order chi connectivity index (χ0) is 24.4. The van der Waals surface area contributed by atoms with E-state index >= 15 is 0 Å². The second kappa shape index (κ2) is 12.6. The van der Waals surface area contributed by atoms with E-state index in [1.165, 1.54) is 4.90 Å². The highest BCUT2D eigenvalue weighted by atomic mass is 35.5. The van der Waals surface area contributed by atoms with Gasteiger partial charge in [-0.25, -0.2) is 8.42 Å². The van der Waals surface area contributed by atoms with E-state index in [9.17, 15) is 18.0 Å². The number of benzene rings is 2. The van der Waals surface area contributed by atoms with Crippen LogP contribution in [0.25, 0.3) is 0 Å². The van der Waals surface area contributed by atoms with Crippen molar-refractivity contribution in [3.05, 3.63) is 65.2 Å². The van der Waals surface area contributed by atoms with Crippen molar-refractivity contribution in [2.24, 2.45) is 0 Å². The van der Waals surface area contributed by atoms with Gasteiger partial charge in [0.05, 0.1) is 11.9 Å². The van der Waals surface area contributed by atoms with Gasteiger partial charge in [0, 0.05) is 18.1 Å². The van der Waals surface area contributed by atoms with Crippen molar-refractivity contribution in [2.75, 3.05) is 23.7 Å². The fraction of sp³-hybridized carbons (Fsp3) is 0.417. The van der Waals surface area contributed by atoms with Gasteiger partial charge in [-0.05, 0) is 42.7 Å². The van der Waals surface area contributed by atoms with Crippen LogP contribution in [0.2, 0.25) is 5.02 Å². The summed E-state index contributed by atoms with van der Waals surface area (Å²) >= 11 is 5.99. The minimum absolute atomic E-state index is 0.155. The number of sulfonamides is 1. The van der Waals surface area contributed by atoms with Crippen LogP contribution in [0, 0.1) is 0 Å². The summed E-state index contributed by atoms with van der Waals surface area (Å²) < 4.78 is 26.1. The monoisotopic (exact) mass is 493 g/mol. The molecule has 0 saturated heterocycles. The standard InChI is InChI=1S/C24H32ClN3O4S/c1-4-6-16-26-24(30)22(5-2)27(17-19-12-14-20(25)15-13-19)23(29)18-28(33(3,31)32)21-10-8-7-9-11-21/h7-15,22H,4-6,16-18H2,1-3H3,(H,26,30)/t22-/m1/s1. The molecule has 0 fully saturated rings. The number of anilines is 1. The van der Waals surface area contributed by atoms with Gasteiger partial charge in [0.2, 0.25) is 21.8 Å². The summed E-state index contributed by atoms with van der Waals surface area (Å²) in [5.74, 6) is -0.712. The largest absolute Gasteiger partial charge is 0.354 e. The van der Waals surface area contributed by atoms with E-state index in [1.54, 1.807) is 54.6 Å². The molecule has 33 heavy (non-hydrogen) atoms. The molecule has 1 atom stereocenters. The van der Waals surface area contributed by atoms with E-state index in [4.69, 9.17) is 11.6 Å². The first-order chi connectivity index (χ1) is 15.7. The molecule has 0 aliphatic rings. The maximum Gasteiger partial charge on any atom is 0.244 e. The number of hydrogen-bond acceptors (Lipinski definition) is 4. The molecule has 0 aliphatic carbocycles. The molecule has 0 bridgehead atoms. The molecule has 0 spiro atoms. The highest BCUT2D eigenvalue weighted by Crippen LogP contribution is 2.20. The number of carbonyl (C=O) groups is 2. The summed E-state index contributed by atoms with van der Waals surface area (Å²) in [5.41, 5.74) is 1.18. The summed E-state index contributed by atoms with van der Waals surface area (Å²) in [4.78, 5) is 27.9. The lowest BCUT2D eigenvalue weighted by atomic mass is 10.1. The smallest absolute Gasteiger partial charge is 0.244 e. The molecule has 0 aliphatic heterocycles. The first-order valence-corrected chi connectivity index (χ1v) is 13.2. The van der Waals surface area contributed by atoms with Crippen LogP contribution in [0.4, 0.5) is 5.69 Å². The molecule has 0 radical (unpaired) electrons. The van der Waals surface area contributed by atoms with Crippen LogP contribution in [-0.4, -0.2) is 50.5 Å². The van der Waals surface area contributed by atoms with E-state index in [2.05, 4.69) is 5.32 Å². The van der Waals surface area contributed by atoms with E-state index in [0.717, 1.165) is 29.0 Å². The average Bonchev–Trinajstić information content (AvgIpc) is 2.78. The van der Waals surface area contributed by atoms with Crippen LogP contribution >= 0.6 is 11.6 Å². The van der Waals surface area contributed by atoms with Crippen LogP contribution in [0.3, 0.4) is 0 Å². The topological polar surface area (TPSA) is 86.8 Å². The molecule has 0 aromatic heterocycles. The number of nitrogens with one attached hydrogen (secondary N) is 1. The van der Waals surface area contributed by atoms with Crippen molar-refractivity contribution in [3.63, 3.8) is 0 Å². The molecule has 0 saturated carbocycles. The molecular weight excluding hydrogens is 462 g/mol. The summed E-state index contributed by atoms with van der Waals surface area (Å²) in [6.45, 7) is 4.13. The van der Waals surface area contributed by atoms with Crippen molar-refractivity contribution >= 4 is 39.1 Å². The average molecular weight is 494 g/mol. The van der Waals surface area contributed by atoms with Crippen molar-refractivity contribution < 1.29 is 18.0 Å². The number of unbranched alkanes of at least 4 members (excludes halogenated alkanes) is 1. The lowest BCUT2D eigenvalue weighted by Gasteiger charge is -2.33. The number of amides is 2. The van der Waals surface area contributed by atoms with E-state index < -0.39 is 28.5 Å². The van der Waals surface area contributed by atoms with Crippen LogP contribution in [0.5, 0.6) is 0 Å². The van der Waals surface area contributed by atoms with Gasteiger partial charge in [0.1, 0.15) is 12.6 Å². The quantitative estimate of drug-likeness (QED) is 0.455. The second-order valence-electron chi connectivity index (χ2n) is 7.82. The van der Waals surface area contributed by atoms with Gasteiger partial charge in [-0.2, -0.15) is 0 Å². The van der Waals surface area contributed by atoms with E-state index in [0.29, 0.717) is 23.7 Å². The van der Waals surface area contributed by atoms with Crippen LogP contribution in [0.1, 0.15) is 38.7 Å². The first kappa shape index (κ1) is 26.7. The number of hydrogen-bond donors (Lipinski definition) is 1. The first-order valence-electron chi connectivity index (χ1n) is 11.0. The van der Waals surface area contributed by atoms with Gasteiger partial charge in [-0.1, -0.05) is 62.2 Å². The minimum Gasteiger partial charge on any atom is -0.354 e. The molecule has 2 amide bonds. The molecular formula is C24H32ClN3O4S.